The summed E-state index contributed by atoms with van der Waals surface area (Å²) in [5.74, 6) is 0.505. The SMILES string of the molecule is CC(C)C(CCNC(=O)C1NCCCC1C)CCC(=O)O. The highest BCUT2D eigenvalue weighted by Gasteiger charge is 2.27. The number of carbonyl (C=O) groups excluding carboxylic acids is 1. The van der Waals surface area contributed by atoms with Gasteiger partial charge in [-0.2, -0.15) is 0 Å². The fourth-order valence-corrected chi connectivity index (χ4v) is 3.01. The van der Waals surface area contributed by atoms with Gasteiger partial charge in [-0.25, -0.2) is 0 Å². The molecule has 0 aromatic rings. The molecular weight excluding hydrogens is 268 g/mol. The first-order valence-electron chi connectivity index (χ1n) is 8.14. The number of piperidine rings is 1. The average molecular weight is 298 g/mol. The van der Waals surface area contributed by atoms with E-state index in [4.69, 9.17) is 5.11 Å². The van der Waals surface area contributed by atoms with Crippen LogP contribution in [0, 0.1) is 17.8 Å². The van der Waals surface area contributed by atoms with Gasteiger partial charge in [0, 0.05) is 13.0 Å². The van der Waals surface area contributed by atoms with E-state index in [1.807, 2.05) is 0 Å². The molecule has 0 aliphatic carbocycles. The Hall–Kier alpha value is -1.10. The predicted molar refractivity (Wildman–Crippen MR) is 83.0 cm³/mol. The smallest absolute Gasteiger partial charge is 0.303 e. The van der Waals surface area contributed by atoms with Crippen LogP contribution in [0.25, 0.3) is 0 Å². The van der Waals surface area contributed by atoms with Gasteiger partial charge in [0.2, 0.25) is 5.91 Å². The molecule has 3 unspecified atom stereocenters. The van der Waals surface area contributed by atoms with Crippen LogP contribution in [0.15, 0.2) is 0 Å². The maximum Gasteiger partial charge on any atom is 0.303 e. The molecule has 1 aliphatic heterocycles. The number of carbonyl (C=O) groups is 2. The second-order valence-electron chi connectivity index (χ2n) is 6.57. The Morgan fingerprint density at radius 2 is 2.05 bits per heavy atom. The lowest BCUT2D eigenvalue weighted by Gasteiger charge is -2.29. The van der Waals surface area contributed by atoms with E-state index < -0.39 is 5.97 Å². The van der Waals surface area contributed by atoms with Crippen LogP contribution >= 0.6 is 0 Å². The summed E-state index contributed by atoms with van der Waals surface area (Å²) in [6.45, 7) is 7.88. The maximum absolute atomic E-state index is 12.2. The number of rotatable bonds is 8. The largest absolute Gasteiger partial charge is 0.481 e. The number of aliphatic carboxylic acids is 1. The summed E-state index contributed by atoms with van der Waals surface area (Å²) in [6, 6.07) is -0.0738. The molecular formula is C16H30N2O3. The number of amides is 1. The predicted octanol–water partition coefficient (Wildman–Crippen LogP) is 2.02. The van der Waals surface area contributed by atoms with Crippen molar-refractivity contribution >= 4 is 11.9 Å². The Kier molecular flexibility index (Phi) is 7.72. The van der Waals surface area contributed by atoms with Crippen LogP contribution in [0.5, 0.6) is 0 Å². The standard InChI is InChI=1S/C16H30N2O3/c1-11(2)13(6-7-14(19)20)8-10-18-16(21)15-12(3)5-4-9-17-15/h11-13,15,17H,4-10H2,1-3H3,(H,18,21)(H,19,20). The van der Waals surface area contributed by atoms with Crippen LogP contribution in [-0.4, -0.2) is 36.1 Å². The summed E-state index contributed by atoms with van der Waals surface area (Å²) < 4.78 is 0. The fourth-order valence-electron chi connectivity index (χ4n) is 3.01. The Labute approximate surface area is 127 Å². The van der Waals surface area contributed by atoms with Crippen LogP contribution < -0.4 is 10.6 Å². The number of carboxylic acid groups (broad SMARTS) is 1. The van der Waals surface area contributed by atoms with Crippen LogP contribution in [0.2, 0.25) is 0 Å². The van der Waals surface area contributed by atoms with Crippen molar-refractivity contribution in [2.45, 2.75) is 58.9 Å². The number of nitrogens with one attached hydrogen (secondary N) is 2. The molecule has 21 heavy (non-hydrogen) atoms. The van der Waals surface area contributed by atoms with Gasteiger partial charge in [0.25, 0.3) is 0 Å². The highest BCUT2D eigenvalue weighted by atomic mass is 16.4. The molecule has 1 amide bonds. The van der Waals surface area contributed by atoms with E-state index in [0.717, 1.165) is 25.8 Å². The van der Waals surface area contributed by atoms with Crippen molar-refractivity contribution in [3.63, 3.8) is 0 Å². The van der Waals surface area contributed by atoms with E-state index in [2.05, 4.69) is 31.4 Å². The molecule has 1 rings (SSSR count). The van der Waals surface area contributed by atoms with Crippen molar-refractivity contribution in [2.24, 2.45) is 17.8 Å². The van der Waals surface area contributed by atoms with Crippen LogP contribution in [0.4, 0.5) is 0 Å². The Balaban J connectivity index is 2.32. The average Bonchev–Trinajstić information content (AvgIpc) is 2.42. The molecule has 0 radical (unpaired) electrons. The molecule has 1 fully saturated rings. The molecule has 5 heteroatoms. The van der Waals surface area contributed by atoms with Gasteiger partial charge in [-0.05, 0) is 50.0 Å². The fraction of sp³-hybridized carbons (Fsp3) is 0.875. The first-order chi connectivity index (χ1) is 9.91. The van der Waals surface area contributed by atoms with Crippen LogP contribution in [-0.2, 0) is 9.59 Å². The minimum absolute atomic E-state index is 0.0738. The van der Waals surface area contributed by atoms with E-state index >= 15 is 0 Å². The first kappa shape index (κ1) is 18.0. The van der Waals surface area contributed by atoms with Gasteiger partial charge in [0.15, 0.2) is 0 Å². The summed E-state index contributed by atoms with van der Waals surface area (Å²) in [5, 5.41) is 15.1. The van der Waals surface area contributed by atoms with Gasteiger partial charge in [0.05, 0.1) is 6.04 Å². The van der Waals surface area contributed by atoms with Crippen molar-refractivity contribution in [3.05, 3.63) is 0 Å². The van der Waals surface area contributed by atoms with E-state index in [0.29, 0.717) is 30.7 Å². The zero-order valence-electron chi connectivity index (χ0n) is 13.5. The molecule has 3 N–H and O–H groups in total. The van der Waals surface area contributed by atoms with Gasteiger partial charge in [-0.3, -0.25) is 9.59 Å². The molecule has 0 aromatic carbocycles. The monoisotopic (exact) mass is 298 g/mol. The Bertz CT molecular complexity index is 344. The highest BCUT2D eigenvalue weighted by Crippen LogP contribution is 2.21. The third-order valence-corrected chi connectivity index (χ3v) is 4.54. The van der Waals surface area contributed by atoms with Crippen LogP contribution in [0.3, 0.4) is 0 Å². The summed E-state index contributed by atoms with van der Waals surface area (Å²) in [5.41, 5.74) is 0. The molecule has 0 bridgehead atoms. The summed E-state index contributed by atoms with van der Waals surface area (Å²) in [7, 11) is 0. The van der Waals surface area contributed by atoms with Crippen molar-refractivity contribution in [3.8, 4) is 0 Å². The molecule has 1 saturated heterocycles. The molecule has 122 valence electrons. The Morgan fingerprint density at radius 3 is 2.62 bits per heavy atom. The first-order valence-corrected chi connectivity index (χ1v) is 8.14. The minimum atomic E-state index is -0.745. The zero-order valence-corrected chi connectivity index (χ0v) is 13.5. The molecule has 3 atom stereocenters. The summed E-state index contributed by atoms with van der Waals surface area (Å²) >= 11 is 0. The van der Waals surface area contributed by atoms with E-state index in [-0.39, 0.29) is 18.4 Å². The lowest BCUT2D eigenvalue weighted by Crippen LogP contribution is -2.51. The van der Waals surface area contributed by atoms with Gasteiger partial charge < -0.3 is 15.7 Å². The summed E-state index contributed by atoms with van der Waals surface area (Å²) in [4.78, 5) is 22.8. The second-order valence-corrected chi connectivity index (χ2v) is 6.57. The third-order valence-electron chi connectivity index (χ3n) is 4.54. The van der Waals surface area contributed by atoms with Crippen molar-refractivity contribution < 1.29 is 14.7 Å². The third kappa shape index (κ3) is 6.46. The maximum atomic E-state index is 12.2. The van der Waals surface area contributed by atoms with Crippen LogP contribution in [0.1, 0.15) is 52.9 Å². The van der Waals surface area contributed by atoms with Gasteiger partial charge >= 0.3 is 5.97 Å². The minimum Gasteiger partial charge on any atom is -0.481 e. The normalized spacial score (nSPS) is 23.8. The van der Waals surface area contributed by atoms with E-state index in [9.17, 15) is 9.59 Å². The zero-order chi connectivity index (χ0) is 15.8. The van der Waals surface area contributed by atoms with Gasteiger partial charge in [-0.1, -0.05) is 20.8 Å². The number of hydrogen-bond acceptors (Lipinski definition) is 3. The van der Waals surface area contributed by atoms with E-state index in [1.54, 1.807) is 0 Å². The molecule has 1 aliphatic rings. The molecule has 5 nitrogen and oxygen atoms in total. The molecule has 0 spiro atoms. The van der Waals surface area contributed by atoms with E-state index in [1.165, 1.54) is 0 Å². The Morgan fingerprint density at radius 1 is 1.33 bits per heavy atom. The second kappa shape index (κ2) is 9.03. The van der Waals surface area contributed by atoms with Gasteiger partial charge in [-0.15, -0.1) is 0 Å². The van der Waals surface area contributed by atoms with Crippen molar-refractivity contribution in [2.75, 3.05) is 13.1 Å². The van der Waals surface area contributed by atoms with Crippen molar-refractivity contribution in [1.29, 1.82) is 0 Å². The van der Waals surface area contributed by atoms with Crippen molar-refractivity contribution in [1.82, 2.24) is 10.6 Å². The summed E-state index contributed by atoms with van der Waals surface area (Å²) in [6.07, 6.45) is 3.96. The molecule has 0 saturated carbocycles. The molecule has 1 heterocycles. The topological polar surface area (TPSA) is 78.4 Å². The lowest BCUT2D eigenvalue weighted by molar-refractivity contribution is -0.137. The molecule has 0 aromatic heterocycles. The number of hydrogen-bond donors (Lipinski definition) is 3. The lowest BCUT2D eigenvalue weighted by atomic mass is 9.88. The van der Waals surface area contributed by atoms with Gasteiger partial charge in [0.1, 0.15) is 0 Å². The highest BCUT2D eigenvalue weighted by molar-refractivity contribution is 5.82. The number of carboxylic acids is 1. The quantitative estimate of drug-likeness (QED) is 0.640.